The molecule has 2 N–H and O–H groups in total. The quantitative estimate of drug-likeness (QED) is 0.623. The van der Waals surface area contributed by atoms with Crippen LogP contribution in [-0.4, -0.2) is 17.9 Å². The van der Waals surface area contributed by atoms with Crippen LogP contribution in [0.4, 0.5) is 4.39 Å². The van der Waals surface area contributed by atoms with E-state index in [1.807, 2.05) is 30.3 Å². The first-order valence-corrected chi connectivity index (χ1v) is 8.86. The first kappa shape index (κ1) is 19.9. The van der Waals surface area contributed by atoms with Crippen molar-refractivity contribution in [2.24, 2.45) is 0 Å². The number of hydrogen-bond donors (Lipinski definition) is 2. The summed E-state index contributed by atoms with van der Waals surface area (Å²) in [4.78, 5) is 24.3. The lowest BCUT2D eigenvalue weighted by Gasteiger charge is -2.15. The van der Waals surface area contributed by atoms with E-state index in [9.17, 15) is 14.0 Å². The lowest BCUT2D eigenvalue weighted by molar-refractivity contribution is -0.128. The van der Waals surface area contributed by atoms with Crippen LogP contribution in [0.15, 0.2) is 78.9 Å². The predicted molar refractivity (Wildman–Crippen MR) is 105 cm³/mol. The molecule has 2 amide bonds. The monoisotopic (exact) mass is 394 g/mol. The van der Waals surface area contributed by atoms with E-state index in [1.54, 1.807) is 24.3 Å². The molecule has 6 nitrogen and oxygen atoms in total. The number of amides is 2. The number of rotatable bonds is 6. The SMILES string of the molecule is C[C@@H](Oc1ccc(F)cc1)C(=O)NNC(=O)c1ccc(Oc2ccccc2)cc1. The van der Waals surface area contributed by atoms with Crippen LogP contribution in [0.1, 0.15) is 17.3 Å². The fraction of sp³-hybridized carbons (Fsp3) is 0.0909. The van der Waals surface area contributed by atoms with Crippen molar-refractivity contribution < 1.29 is 23.5 Å². The Kier molecular flexibility index (Phi) is 6.42. The molecule has 148 valence electrons. The third-order valence-electron chi connectivity index (χ3n) is 3.89. The number of ether oxygens (including phenoxy) is 2. The molecule has 0 bridgehead atoms. The molecule has 29 heavy (non-hydrogen) atoms. The first-order chi connectivity index (χ1) is 14.0. The summed E-state index contributed by atoms with van der Waals surface area (Å²) in [7, 11) is 0. The van der Waals surface area contributed by atoms with Gasteiger partial charge in [0.25, 0.3) is 11.8 Å². The fourth-order valence-corrected chi connectivity index (χ4v) is 2.36. The van der Waals surface area contributed by atoms with Gasteiger partial charge in [-0.25, -0.2) is 4.39 Å². The Bertz CT molecular complexity index is 960. The van der Waals surface area contributed by atoms with E-state index in [2.05, 4.69) is 10.9 Å². The topological polar surface area (TPSA) is 76.7 Å². The van der Waals surface area contributed by atoms with Gasteiger partial charge in [0, 0.05) is 5.56 Å². The predicted octanol–water partition coefficient (Wildman–Crippen LogP) is 3.85. The third kappa shape index (κ3) is 5.80. The zero-order chi connectivity index (χ0) is 20.6. The molecule has 3 rings (SSSR count). The van der Waals surface area contributed by atoms with Crippen molar-refractivity contribution in [3.8, 4) is 17.2 Å². The van der Waals surface area contributed by atoms with E-state index in [-0.39, 0.29) is 0 Å². The number of carbonyl (C=O) groups excluding carboxylic acids is 2. The molecule has 1 atom stereocenters. The lowest BCUT2D eigenvalue weighted by Crippen LogP contribution is -2.47. The summed E-state index contributed by atoms with van der Waals surface area (Å²) >= 11 is 0. The van der Waals surface area contributed by atoms with Crippen LogP contribution >= 0.6 is 0 Å². The molecule has 0 saturated carbocycles. The average molecular weight is 394 g/mol. The van der Waals surface area contributed by atoms with Gasteiger partial charge < -0.3 is 9.47 Å². The van der Waals surface area contributed by atoms with E-state index in [1.165, 1.54) is 31.2 Å². The molecule has 0 aliphatic rings. The number of carbonyl (C=O) groups is 2. The summed E-state index contributed by atoms with van der Waals surface area (Å²) in [6.45, 7) is 1.51. The Balaban J connectivity index is 1.49. The minimum atomic E-state index is -0.887. The highest BCUT2D eigenvalue weighted by atomic mass is 19.1. The lowest BCUT2D eigenvalue weighted by atomic mass is 10.2. The van der Waals surface area contributed by atoms with Gasteiger partial charge >= 0.3 is 0 Å². The van der Waals surface area contributed by atoms with Crippen molar-refractivity contribution in [2.75, 3.05) is 0 Å². The van der Waals surface area contributed by atoms with Crippen LogP contribution in [0.25, 0.3) is 0 Å². The second-order valence-electron chi connectivity index (χ2n) is 6.10. The molecule has 0 heterocycles. The molecule has 3 aromatic carbocycles. The minimum Gasteiger partial charge on any atom is -0.481 e. The highest BCUT2D eigenvalue weighted by molar-refractivity contribution is 5.95. The Labute approximate surface area is 167 Å². The summed E-state index contributed by atoms with van der Waals surface area (Å²) in [6.07, 6.45) is -0.887. The van der Waals surface area contributed by atoms with E-state index >= 15 is 0 Å². The van der Waals surface area contributed by atoms with Gasteiger partial charge in [0.15, 0.2) is 6.10 Å². The Hall–Kier alpha value is -3.87. The number of hydrogen-bond acceptors (Lipinski definition) is 4. The van der Waals surface area contributed by atoms with Crippen LogP contribution in [-0.2, 0) is 4.79 Å². The molecule has 0 aliphatic heterocycles. The van der Waals surface area contributed by atoms with E-state index in [0.29, 0.717) is 22.8 Å². The Morgan fingerprint density at radius 3 is 2.03 bits per heavy atom. The molecule has 0 saturated heterocycles. The van der Waals surface area contributed by atoms with E-state index < -0.39 is 23.7 Å². The molecular weight excluding hydrogens is 375 g/mol. The van der Waals surface area contributed by atoms with Crippen LogP contribution in [0.5, 0.6) is 17.2 Å². The highest BCUT2D eigenvalue weighted by Crippen LogP contribution is 2.21. The van der Waals surface area contributed by atoms with Gasteiger partial charge in [-0.15, -0.1) is 0 Å². The standard InChI is InChI=1S/C22H19FN2O4/c1-15(28-19-13-9-17(23)10-14-19)21(26)24-25-22(27)16-7-11-20(12-8-16)29-18-5-3-2-4-6-18/h2-15H,1H3,(H,24,26)(H,25,27)/t15-/m1/s1. The minimum absolute atomic E-state index is 0.342. The van der Waals surface area contributed by atoms with Crippen molar-refractivity contribution in [2.45, 2.75) is 13.0 Å². The Morgan fingerprint density at radius 1 is 0.793 bits per heavy atom. The van der Waals surface area contributed by atoms with E-state index in [4.69, 9.17) is 9.47 Å². The summed E-state index contributed by atoms with van der Waals surface area (Å²) < 4.78 is 24.0. The molecule has 0 unspecified atom stereocenters. The summed E-state index contributed by atoms with van der Waals surface area (Å²) in [5.74, 6) is 0.173. The maximum absolute atomic E-state index is 12.9. The van der Waals surface area contributed by atoms with Crippen molar-refractivity contribution in [1.29, 1.82) is 0 Å². The van der Waals surface area contributed by atoms with Gasteiger partial charge in [-0.05, 0) is 67.6 Å². The largest absolute Gasteiger partial charge is 0.481 e. The second-order valence-corrected chi connectivity index (χ2v) is 6.10. The van der Waals surface area contributed by atoms with Crippen LogP contribution < -0.4 is 20.3 Å². The molecule has 0 aromatic heterocycles. The van der Waals surface area contributed by atoms with Gasteiger partial charge in [0.2, 0.25) is 0 Å². The molecule has 0 fully saturated rings. The van der Waals surface area contributed by atoms with Crippen molar-refractivity contribution in [3.05, 3.63) is 90.2 Å². The van der Waals surface area contributed by atoms with Gasteiger partial charge in [-0.1, -0.05) is 18.2 Å². The zero-order valence-electron chi connectivity index (χ0n) is 15.6. The normalized spacial score (nSPS) is 11.2. The third-order valence-corrected chi connectivity index (χ3v) is 3.89. The number of hydrazine groups is 1. The van der Waals surface area contributed by atoms with Crippen LogP contribution in [0, 0.1) is 5.82 Å². The number of para-hydroxylation sites is 1. The molecule has 0 radical (unpaired) electrons. The molecule has 0 spiro atoms. The Morgan fingerprint density at radius 2 is 1.38 bits per heavy atom. The summed E-state index contributed by atoms with van der Waals surface area (Å²) in [5.41, 5.74) is 4.97. The summed E-state index contributed by atoms with van der Waals surface area (Å²) in [5, 5.41) is 0. The number of nitrogens with one attached hydrogen (secondary N) is 2. The van der Waals surface area contributed by atoms with Gasteiger partial charge in [-0.2, -0.15) is 0 Å². The zero-order valence-corrected chi connectivity index (χ0v) is 15.6. The smallest absolute Gasteiger partial charge is 0.279 e. The van der Waals surface area contributed by atoms with Gasteiger partial charge in [0.1, 0.15) is 23.1 Å². The van der Waals surface area contributed by atoms with Crippen LogP contribution in [0.3, 0.4) is 0 Å². The maximum atomic E-state index is 12.9. The van der Waals surface area contributed by atoms with Crippen molar-refractivity contribution in [1.82, 2.24) is 10.9 Å². The number of benzene rings is 3. The van der Waals surface area contributed by atoms with Crippen LogP contribution in [0.2, 0.25) is 0 Å². The fourth-order valence-electron chi connectivity index (χ4n) is 2.36. The van der Waals surface area contributed by atoms with Crippen molar-refractivity contribution in [3.63, 3.8) is 0 Å². The average Bonchev–Trinajstić information content (AvgIpc) is 2.74. The summed E-state index contributed by atoms with van der Waals surface area (Å²) in [6, 6.07) is 21.0. The molecule has 7 heteroatoms. The first-order valence-electron chi connectivity index (χ1n) is 8.86. The van der Waals surface area contributed by atoms with Gasteiger partial charge in [0.05, 0.1) is 0 Å². The molecular formula is C22H19FN2O4. The highest BCUT2D eigenvalue weighted by Gasteiger charge is 2.16. The molecule has 3 aromatic rings. The number of halogens is 1. The van der Waals surface area contributed by atoms with Crippen molar-refractivity contribution >= 4 is 11.8 Å². The molecule has 0 aliphatic carbocycles. The van der Waals surface area contributed by atoms with Gasteiger partial charge in [-0.3, -0.25) is 20.4 Å². The van der Waals surface area contributed by atoms with E-state index in [0.717, 1.165) is 0 Å². The maximum Gasteiger partial charge on any atom is 0.279 e. The second kappa shape index (κ2) is 9.36.